The minimum absolute atomic E-state index is 0.0883. The van der Waals surface area contributed by atoms with E-state index in [9.17, 15) is 27.2 Å². The fraction of sp³-hybridized carbons (Fsp3) is 0.120. The van der Waals surface area contributed by atoms with E-state index < -0.39 is 41.2 Å². The Balaban J connectivity index is 1.84. The number of aryl methyl sites for hydroxylation is 1. The van der Waals surface area contributed by atoms with Crippen molar-refractivity contribution in [3.8, 4) is 11.1 Å². The van der Waals surface area contributed by atoms with Gasteiger partial charge in [-0.2, -0.15) is 13.2 Å². The zero-order valence-electron chi connectivity index (χ0n) is 17.9. The molecule has 1 heterocycles. The molecule has 1 N–H and O–H groups in total. The summed E-state index contributed by atoms with van der Waals surface area (Å²) < 4.78 is 58.8. The second-order valence-electron chi connectivity index (χ2n) is 7.76. The molecule has 0 spiro atoms. The standard InChI is InChI=1S/C25H15Cl2F4NO3/c1-12-7-16-21(11-19(12)27)35-24(34)17(23(16)13-3-2-4-14(26)8-13)10-22(33)32-20-6-5-15(28)9-18(20)25(29,30)31/h2-9,11H,10H2,1H3,(H,32,33). The van der Waals surface area contributed by atoms with Gasteiger partial charge in [0.25, 0.3) is 0 Å². The highest BCUT2D eigenvalue weighted by molar-refractivity contribution is 6.32. The highest BCUT2D eigenvalue weighted by Gasteiger charge is 2.34. The summed E-state index contributed by atoms with van der Waals surface area (Å²) in [5.41, 5.74) is -1.26. The largest absolute Gasteiger partial charge is 0.422 e. The van der Waals surface area contributed by atoms with Crippen LogP contribution in [-0.2, 0) is 17.4 Å². The molecule has 180 valence electrons. The molecule has 10 heteroatoms. The molecule has 4 nitrogen and oxygen atoms in total. The van der Waals surface area contributed by atoms with Crippen LogP contribution in [0.3, 0.4) is 0 Å². The number of anilines is 1. The van der Waals surface area contributed by atoms with Crippen molar-refractivity contribution in [2.75, 3.05) is 5.32 Å². The molecule has 0 aliphatic carbocycles. The Bertz CT molecular complexity index is 1530. The number of carbonyl (C=O) groups excluding carboxylic acids is 1. The van der Waals surface area contributed by atoms with Gasteiger partial charge in [0.2, 0.25) is 5.91 Å². The van der Waals surface area contributed by atoms with Gasteiger partial charge in [0.05, 0.1) is 23.2 Å². The molecule has 4 aromatic rings. The number of benzene rings is 3. The van der Waals surface area contributed by atoms with Gasteiger partial charge in [-0.15, -0.1) is 0 Å². The van der Waals surface area contributed by atoms with E-state index in [0.717, 1.165) is 12.1 Å². The highest BCUT2D eigenvalue weighted by atomic mass is 35.5. The first-order valence-corrected chi connectivity index (χ1v) is 10.9. The SMILES string of the molecule is Cc1cc2c(-c3cccc(Cl)c3)c(CC(=O)Nc3ccc(F)cc3C(F)(F)F)c(=O)oc2cc1Cl. The van der Waals surface area contributed by atoms with Crippen molar-refractivity contribution in [2.24, 2.45) is 0 Å². The lowest BCUT2D eigenvalue weighted by atomic mass is 9.94. The molecule has 0 unspecified atom stereocenters. The minimum atomic E-state index is -4.91. The van der Waals surface area contributed by atoms with Gasteiger partial charge in [-0.25, -0.2) is 9.18 Å². The van der Waals surface area contributed by atoms with Crippen LogP contribution < -0.4 is 10.9 Å². The molecular weight excluding hydrogens is 509 g/mol. The van der Waals surface area contributed by atoms with E-state index in [1.165, 1.54) is 6.07 Å². The van der Waals surface area contributed by atoms with Gasteiger partial charge in [0.1, 0.15) is 11.4 Å². The summed E-state index contributed by atoms with van der Waals surface area (Å²) in [4.78, 5) is 25.7. The Morgan fingerprint density at radius 2 is 1.80 bits per heavy atom. The lowest BCUT2D eigenvalue weighted by Crippen LogP contribution is -2.22. The van der Waals surface area contributed by atoms with Gasteiger partial charge in [-0.3, -0.25) is 4.79 Å². The molecule has 0 aliphatic heterocycles. The summed E-state index contributed by atoms with van der Waals surface area (Å²) in [5, 5.41) is 3.32. The summed E-state index contributed by atoms with van der Waals surface area (Å²) in [5.74, 6) is -2.04. The molecular formula is C25H15Cl2F4NO3. The van der Waals surface area contributed by atoms with E-state index in [2.05, 4.69) is 5.32 Å². The van der Waals surface area contributed by atoms with Gasteiger partial charge in [0.15, 0.2) is 0 Å². The number of hydrogen-bond acceptors (Lipinski definition) is 3. The summed E-state index contributed by atoms with van der Waals surface area (Å²) in [7, 11) is 0. The van der Waals surface area contributed by atoms with E-state index in [0.29, 0.717) is 32.1 Å². The lowest BCUT2D eigenvalue weighted by molar-refractivity contribution is -0.137. The number of rotatable bonds is 4. The third-order valence-corrected chi connectivity index (χ3v) is 5.94. The Morgan fingerprint density at radius 3 is 2.49 bits per heavy atom. The van der Waals surface area contributed by atoms with E-state index >= 15 is 0 Å². The summed E-state index contributed by atoms with van der Waals surface area (Å²) in [6, 6.07) is 11.6. The predicted octanol–water partition coefficient (Wildman–Crippen LogP) is 7.41. The summed E-state index contributed by atoms with van der Waals surface area (Å²) in [6.07, 6.45) is -5.52. The van der Waals surface area contributed by atoms with Crippen LogP contribution in [-0.4, -0.2) is 5.91 Å². The van der Waals surface area contributed by atoms with E-state index in [1.807, 2.05) is 0 Å². The van der Waals surface area contributed by atoms with Crippen molar-refractivity contribution in [1.29, 1.82) is 0 Å². The minimum Gasteiger partial charge on any atom is -0.422 e. The molecule has 3 aromatic carbocycles. The van der Waals surface area contributed by atoms with Crippen LogP contribution in [0.25, 0.3) is 22.1 Å². The third-order valence-electron chi connectivity index (χ3n) is 5.29. The number of halogens is 6. The Morgan fingerprint density at radius 1 is 1.06 bits per heavy atom. The Hall–Kier alpha value is -3.36. The first kappa shape index (κ1) is 24.8. The average molecular weight is 524 g/mol. The van der Waals surface area contributed by atoms with Gasteiger partial charge in [0, 0.05) is 27.1 Å². The first-order chi connectivity index (χ1) is 16.4. The molecule has 1 amide bonds. The van der Waals surface area contributed by atoms with Crippen molar-refractivity contribution < 1.29 is 26.8 Å². The maximum Gasteiger partial charge on any atom is 0.418 e. The molecule has 1 aromatic heterocycles. The topological polar surface area (TPSA) is 59.3 Å². The van der Waals surface area contributed by atoms with Crippen LogP contribution in [0.1, 0.15) is 16.7 Å². The Labute approximate surface area is 206 Å². The molecule has 0 fully saturated rings. The second kappa shape index (κ2) is 9.36. The number of carbonyl (C=O) groups is 1. The second-order valence-corrected chi connectivity index (χ2v) is 8.61. The predicted molar refractivity (Wildman–Crippen MR) is 126 cm³/mol. The van der Waals surface area contributed by atoms with Gasteiger partial charge in [-0.1, -0.05) is 35.3 Å². The van der Waals surface area contributed by atoms with Crippen molar-refractivity contribution in [1.82, 2.24) is 0 Å². The van der Waals surface area contributed by atoms with Crippen LogP contribution in [0.2, 0.25) is 10.0 Å². The first-order valence-electron chi connectivity index (χ1n) is 10.1. The smallest absolute Gasteiger partial charge is 0.418 e. The molecule has 0 saturated carbocycles. The van der Waals surface area contributed by atoms with Crippen LogP contribution in [0.4, 0.5) is 23.2 Å². The lowest BCUT2D eigenvalue weighted by Gasteiger charge is -2.15. The van der Waals surface area contributed by atoms with Crippen molar-refractivity contribution >= 4 is 45.8 Å². The number of amides is 1. The van der Waals surface area contributed by atoms with E-state index in [-0.39, 0.29) is 17.2 Å². The maximum absolute atomic E-state index is 13.4. The maximum atomic E-state index is 13.4. The molecule has 0 radical (unpaired) electrons. The normalized spacial score (nSPS) is 11.6. The summed E-state index contributed by atoms with van der Waals surface area (Å²) >= 11 is 12.3. The molecule has 35 heavy (non-hydrogen) atoms. The van der Waals surface area contributed by atoms with E-state index in [4.69, 9.17) is 27.6 Å². The number of fused-ring (bicyclic) bond motifs is 1. The molecule has 0 atom stereocenters. The molecule has 0 aliphatic rings. The van der Waals surface area contributed by atoms with Gasteiger partial charge < -0.3 is 9.73 Å². The van der Waals surface area contributed by atoms with E-state index in [1.54, 1.807) is 37.3 Å². The van der Waals surface area contributed by atoms with Crippen molar-refractivity contribution in [3.05, 3.63) is 97.6 Å². The summed E-state index contributed by atoms with van der Waals surface area (Å²) in [6.45, 7) is 1.74. The zero-order chi connectivity index (χ0) is 25.5. The molecule has 4 rings (SSSR count). The van der Waals surface area contributed by atoms with Gasteiger partial charge >= 0.3 is 11.8 Å². The van der Waals surface area contributed by atoms with Crippen molar-refractivity contribution in [3.63, 3.8) is 0 Å². The van der Waals surface area contributed by atoms with Gasteiger partial charge in [-0.05, 0) is 54.4 Å². The van der Waals surface area contributed by atoms with Crippen LogP contribution >= 0.6 is 23.2 Å². The monoisotopic (exact) mass is 523 g/mol. The quantitative estimate of drug-likeness (QED) is 0.223. The molecule has 0 bridgehead atoms. The average Bonchev–Trinajstić information content (AvgIpc) is 2.76. The fourth-order valence-corrected chi connectivity index (χ4v) is 4.06. The van der Waals surface area contributed by atoms with Crippen LogP contribution in [0, 0.1) is 12.7 Å². The number of nitrogens with one attached hydrogen (secondary N) is 1. The zero-order valence-corrected chi connectivity index (χ0v) is 19.4. The van der Waals surface area contributed by atoms with Crippen LogP contribution in [0.5, 0.6) is 0 Å². The number of alkyl halides is 3. The Kier molecular flexibility index (Phi) is 6.62. The van der Waals surface area contributed by atoms with Crippen LogP contribution in [0.15, 0.2) is 63.8 Å². The fourth-order valence-electron chi connectivity index (χ4n) is 3.72. The highest BCUT2D eigenvalue weighted by Crippen LogP contribution is 2.37. The van der Waals surface area contributed by atoms with Crippen molar-refractivity contribution in [2.45, 2.75) is 19.5 Å². The third kappa shape index (κ3) is 5.18. The molecule has 0 saturated heterocycles. The number of hydrogen-bond donors (Lipinski definition) is 1.